The number of nitrogens with one attached hydrogen (secondary N) is 1. The topological polar surface area (TPSA) is 90.6 Å². The van der Waals surface area contributed by atoms with Gasteiger partial charge >= 0.3 is 0 Å². The fraction of sp³-hybridized carbons (Fsp3) is 0.280. The molecular weight excluding hydrogens is 406 g/mol. The number of imide groups is 2. The van der Waals surface area contributed by atoms with E-state index in [-0.39, 0.29) is 30.0 Å². The molecule has 2 unspecified atom stereocenters. The van der Waals surface area contributed by atoms with E-state index in [1.807, 2.05) is 30.3 Å². The van der Waals surface area contributed by atoms with E-state index in [9.17, 15) is 19.2 Å². The van der Waals surface area contributed by atoms with Gasteiger partial charge in [-0.05, 0) is 30.2 Å². The number of fused-ring (bicyclic) bond motifs is 4. The van der Waals surface area contributed by atoms with E-state index in [0.29, 0.717) is 12.1 Å². The van der Waals surface area contributed by atoms with Crippen molar-refractivity contribution in [1.29, 1.82) is 0 Å². The van der Waals surface area contributed by atoms with E-state index < -0.39 is 23.7 Å². The molecule has 0 radical (unpaired) electrons. The molecule has 4 atom stereocenters. The van der Waals surface area contributed by atoms with Gasteiger partial charge in [-0.15, -0.1) is 0 Å². The summed E-state index contributed by atoms with van der Waals surface area (Å²) in [6.07, 6.45) is 0.476. The minimum absolute atomic E-state index is 0.0465. The number of hydrogen-bond donors (Lipinski definition) is 1. The van der Waals surface area contributed by atoms with Crippen LogP contribution in [0.5, 0.6) is 0 Å². The lowest BCUT2D eigenvalue weighted by molar-refractivity contribution is -0.138. The molecule has 32 heavy (non-hydrogen) atoms. The van der Waals surface area contributed by atoms with Crippen molar-refractivity contribution in [2.24, 2.45) is 17.8 Å². The maximum absolute atomic E-state index is 13.7. The summed E-state index contributed by atoms with van der Waals surface area (Å²) >= 11 is 0. The molecule has 1 aromatic heterocycles. The zero-order valence-electron chi connectivity index (χ0n) is 17.4. The lowest BCUT2D eigenvalue weighted by Crippen LogP contribution is -2.39. The summed E-state index contributed by atoms with van der Waals surface area (Å²) in [5, 5.41) is 0.995. The number of nitrogens with zero attached hydrogens (tertiary/aromatic N) is 2. The standard InChI is InChI=1S/C25H21N3O4/c1-27-19(29)12-17(23(27)30)20-21-16(11-15-14-9-5-6-10-18(14)26-22(15)20)24(31)28(25(21)32)13-7-3-2-4-8-13/h2-10,16-17,20-21,26H,11-12H2,1H3/t16-,17?,20?,21-/m0/s1. The first-order valence-electron chi connectivity index (χ1n) is 10.8. The Bertz CT molecular complexity index is 1310. The number of amides is 4. The lowest BCUT2D eigenvalue weighted by Gasteiger charge is -2.33. The Morgan fingerprint density at radius 1 is 0.781 bits per heavy atom. The van der Waals surface area contributed by atoms with E-state index in [1.54, 1.807) is 24.3 Å². The third-order valence-corrected chi connectivity index (χ3v) is 7.33. The van der Waals surface area contributed by atoms with Crippen LogP contribution in [0.2, 0.25) is 0 Å². The molecule has 7 heteroatoms. The number of benzene rings is 2. The first-order valence-corrected chi connectivity index (χ1v) is 10.8. The maximum Gasteiger partial charge on any atom is 0.238 e. The SMILES string of the molecule is CN1C(=O)CC(C2c3[nH]c4ccccc4c3C[C@@H]3C(=O)N(c4ccccc4)C(=O)[C@H]23)C1=O. The summed E-state index contributed by atoms with van der Waals surface area (Å²) in [4.78, 5) is 58.5. The fourth-order valence-electron chi connectivity index (χ4n) is 5.84. The Balaban J connectivity index is 1.54. The number of anilines is 1. The van der Waals surface area contributed by atoms with Crippen molar-refractivity contribution in [3.05, 3.63) is 65.9 Å². The first kappa shape index (κ1) is 19.0. The molecule has 4 amide bonds. The summed E-state index contributed by atoms with van der Waals surface area (Å²) in [6.45, 7) is 0. The Kier molecular flexibility index (Phi) is 3.93. The fourth-order valence-corrected chi connectivity index (χ4v) is 5.84. The average molecular weight is 427 g/mol. The Labute approximate surface area is 184 Å². The number of hydrogen-bond acceptors (Lipinski definition) is 4. The molecule has 2 saturated heterocycles. The summed E-state index contributed by atoms with van der Waals surface area (Å²) in [5.41, 5.74) is 3.23. The van der Waals surface area contributed by atoms with Gasteiger partial charge in [0.05, 0.1) is 23.4 Å². The van der Waals surface area contributed by atoms with Crippen molar-refractivity contribution < 1.29 is 19.2 Å². The molecule has 0 spiro atoms. The lowest BCUT2D eigenvalue weighted by atomic mass is 9.67. The highest BCUT2D eigenvalue weighted by Crippen LogP contribution is 2.52. The second kappa shape index (κ2) is 6.63. The Morgan fingerprint density at radius 3 is 2.19 bits per heavy atom. The third kappa shape index (κ3) is 2.42. The molecule has 160 valence electrons. The molecule has 7 nitrogen and oxygen atoms in total. The van der Waals surface area contributed by atoms with Gasteiger partial charge in [-0.25, -0.2) is 0 Å². The summed E-state index contributed by atoms with van der Waals surface area (Å²) in [6, 6.07) is 16.7. The van der Waals surface area contributed by atoms with Gasteiger partial charge in [0.1, 0.15) is 0 Å². The Hall–Kier alpha value is -3.74. The molecule has 0 bridgehead atoms. The van der Waals surface area contributed by atoms with Crippen LogP contribution in [0.1, 0.15) is 23.6 Å². The van der Waals surface area contributed by atoms with E-state index in [1.165, 1.54) is 11.9 Å². The normalized spacial score (nSPS) is 27.4. The van der Waals surface area contributed by atoms with Gasteiger partial charge in [-0.1, -0.05) is 36.4 Å². The van der Waals surface area contributed by atoms with Crippen molar-refractivity contribution in [3.8, 4) is 0 Å². The second-order valence-corrected chi connectivity index (χ2v) is 8.87. The molecular formula is C25H21N3O4. The number of para-hydroxylation sites is 2. The van der Waals surface area contributed by atoms with Gasteiger partial charge in [0, 0.05) is 36.0 Å². The minimum Gasteiger partial charge on any atom is -0.358 e. The van der Waals surface area contributed by atoms with E-state index in [2.05, 4.69) is 4.98 Å². The summed E-state index contributed by atoms with van der Waals surface area (Å²) in [5.74, 6) is -3.54. The monoisotopic (exact) mass is 427 g/mol. The van der Waals surface area contributed by atoms with Gasteiger partial charge in [-0.3, -0.25) is 29.0 Å². The summed E-state index contributed by atoms with van der Waals surface area (Å²) in [7, 11) is 1.48. The zero-order chi connectivity index (χ0) is 22.1. The largest absolute Gasteiger partial charge is 0.358 e. The quantitative estimate of drug-likeness (QED) is 0.637. The smallest absolute Gasteiger partial charge is 0.238 e. The molecule has 2 fully saturated rings. The van der Waals surface area contributed by atoms with Crippen LogP contribution in [0.15, 0.2) is 54.6 Å². The van der Waals surface area contributed by atoms with Crippen molar-refractivity contribution >= 4 is 40.2 Å². The average Bonchev–Trinajstić information content (AvgIpc) is 3.39. The highest BCUT2D eigenvalue weighted by molar-refractivity contribution is 6.23. The van der Waals surface area contributed by atoms with Gasteiger partial charge in [-0.2, -0.15) is 0 Å². The maximum atomic E-state index is 13.7. The van der Waals surface area contributed by atoms with Gasteiger partial charge in [0.25, 0.3) is 0 Å². The molecule has 2 aromatic carbocycles. The third-order valence-electron chi connectivity index (χ3n) is 7.33. The zero-order valence-corrected chi connectivity index (χ0v) is 17.4. The summed E-state index contributed by atoms with van der Waals surface area (Å²) < 4.78 is 0. The van der Waals surface area contributed by atoms with Crippen LogP contribution in [0.4, 0.5) is 5.69 Å². The predicted octanol–water partition coefficient (Wildman–Crippen LogP) is 2.62. The molecule has 0 saturated carbocycles. The molecule has 3 heterocycles. The molecule has 1 N–H and O–H groups in total. The molecule has 2 aliphatic heterocycles. The number of aromatic amines is 1. The first-order chi connectivity index (χ1) is 15.5. The van der Waals surface area contributed by atoms with Gasteiger partial charge in [0.15, 0.2) is 0 Å². The van der Waals surface area contributed by atoms with Crippen molar-refractivity contribution in [1.82, 2.24) is 9.88 Å². The van der Waals surface area contributed by atoms with Crippen LogP contribution in [0.3, 0.4) is 0 Å². The predicted molar refractivity (Wildman–Crippen MR) is 117 cm³/mol. The van der Waals surface area contributed by atoms with Crippen LogP contribution in [-0.2, 0) is 25.6 Å². The highest BCUT2D eigenvalue weighted by atomic mass is 16.2. The molecule has 6 rings (SSSR count). The number of likely N-dealkylation sites (tertiary alicyclic amines) is 1. The minimum atomic E-state index is -0.684. The van der Waals surface area contributed by atoms with Crippen molar-refractivity contribution in [3.63, 3.8) is 0 Å². The number of H-pyrrole nitrogens is 1. The van der Waals surface area contributed by atoms with Crippen LogP contribution < -0.4 is 4.90 Å². The van der Waals surface area contributed by atoms with Crippen molar-refractivity contribution in [2.45, 2.75) is 18.8 Å². The number of rotatable bonds is 2. The van der Waals surface area contributed by atoms with Gasteiger partial charge in [0.2, 0.25) is 23.6 Å². The van der Waals surface area contributed by atoms with Crippen LogP contribution in [0, 0.1) is 17.8 Å². The van der Waals surface area contributed by atoms with E-state index in [0.717, 1.165) is 27.1 Å². The number of carbonyl (C=O) groups is 4. The number of carbonyl (C=O) groups excluding carboxylic acids is 4. The Morgan fingerprint density at radius 2 is 1.47 bits per heavy atom. The molecule has 3 aromatic rings. The second-order valence-electron chi connectivity index (χ2n) is 8.87. The van der Waals surface area contributed by atoms with E-state index in [4.69, 9.17) is 0 Å². The van der Waals surface area contributed by atoms with Crippen molar-refractivity contribution in [2.75, 3.05) is 11.9 Å². The van der Waals surface area contributed by atoms with Crippen LogP contribution in [-0.4, -0.2) is 40.6 Å². The number of aromatic nitrogens is 1. The molecule has 3 aliphatic rings. The van der Waals surface area contributed by atoms with Crippen LogP contribution in [0.25, 0.3) is 10.9 Å². The van der Waals surface area contributed by atoms with Crippen LogP contribution >= 0.6 is 0 Å². The molecule has 1 aliphatic carbocycles. The van der Waals surface area contributed by atoms with Gasteiger partial charge < -0.3 is 4.98 Å². The van der Waals surface area contributed by atoms with E-state index >= 15 is 0 Å². The highest BCUT2D eigenvalue weighted by Gasteiger charge is 2.59.